The molecular weight excluding hydrogens is 253 g/mol. The molecular formula is C9H9F3N4O2. The zero-order valence-corrected chi connectivity index (χ0v) is 8.96. The number of aliphatic hydroxyl groups excluding tert-OH is 2. The maximum atomic E-state index is 12.6. The van der Waals surface area contributed by atoms with Gasteiger partial charge in [-0.3, -0.25) is 0 Å². The standard InChI is InChI=1S/C9H9F3N4O2/c10-9(11,12)7-6-8(14-3-13-7)16(4-15-6)1-5(18)2-17/h3-5,17-18H,1-2H2. The summed E-state index contributed by atoms with van der Waals surface area (Å²) in [6.07, 6.45) is -3.80. The summed E-state index contributed by atoms with van der Waals surface area (Å²) in [7, 11) is 0. The van der Waals surface area contributed by atoms with E-state index in [1.54, 1.807) is 0 Å². The van der Waals surface area contributed by atoms with Gasteiger partial charge in [0.1, 0.15) is 11.8 Å². The molecule has 0 saturated heterocycles. The summed E-state index contributed by atoms with van der Waals surface area (Å²) < 4.78 is 39.1. The summed E-state index contributed by atoms with van der Waals surface area (Å²) in [5, 5.41) is 17.9. The van der Waals surface area contributed by atoms with Gasteiger partial charge in [-0.2, -0.15) is 13.2 Å². The van der Waals surface area contributed by atoms with Gasteiger partial charge in [0, 0.05) is 0 Å². The van der Waals surface area contributed by atoms with Crippen molar-refractivity contribution in [1.29, 1.82) is 0 Å². The normalized spacial score (nSPS) is 14.1. The first kappa shape index (κ1) is 12.7. The van der Waals surface area contributed by atoms with Crippen molar-refractivity contribution in [2.75, 3.05) is 6.61 Å². The van der Waals surface area contributed by atoms with E-state index in [0.717, 1.165) is 12.7 Å². The second kappa shape index (κ2) is 4.50. The minimum absolute atomic E-state index is 0.0372. The molecule has 2 rings (SSSR count). The molecule has 0 amide bonds. The van der Waals surface area contributed by atoms with Crippen molar-refractivity contribution in [3.05, 3.63) is 18.3 Å². The van der Waals surface area contributed by atoms with Crippen molar-refractivity contribution in [2.45, 2.75) is 18.8 Å². The van der Waals surface area contributed by atoms with Crippen LogP contribution >= 0.6 is 0 Å². The highest BCUT2D eigenvalue weighted by molar-refractivity contribution is 5.73. The fraction of sp³-hybridized carbons (Fsp3) is 0.444. The van der Waals surface area contributed by atoms with Gasteiger partial charge in [-0.25, -0.2) is 15.0 Å². The fourth-order valence-corrected chi connectivity index (χ4v) is 1.51. The van der Waals surface area contributed by atoms with Gasteiger partial charge in [-0.1, -0.05) is 0 Å². The van der Waals surface area contributed by atoms with Crippen LogP contribution < -0.4 is 0 Å². The molecule has 9 heteroatoms. The van der Waals surface area contributed by atoms with Crippen LogP contribution in [0.1, 0.15) is 5.69 Å². The Hall–Kier alpha value is -1.74. The molecule has 1 unspecified atom stereocenters. The minimum Gasteiger partial charge on any atom is -0.394 e. The van der Waals surface area contributed by atoms with Gasteiger partial charge >= 0.3 is 6.18 Å². The van der Waals surface area contributed by atoms with Crippen molar-refractivity contribution in [2.24, 2.45) is 0 Å². The molecule has 2 heterocycles. The molecule has 0 saturated carbocycles. The number of hydrogen-bond donors (Lipinski definition) is 2. The molecule has 98 valence electrons. The highest BCUT2D eigenvalue weighted by Crippen LogP contribution is 2.31. The summed E-state index contributed by atoms with van der Waals surface area (Å²) >= 11 is 0. The van der Waals surface area contributed by atoms with Gasteiger partial charge in [0.25, 0.3) is 0 Å². The molecule has 6 nitrogen and oxygen atoms in total. The number of imidazole rings is 1. The molecule has 0 spiro atoms. The fourth-order valence-electron chi connectivity index (χ4n) is 1.51. The maximum absolute atomic E-state index is 12.6. The van der Waals surface area contributed by atoms with Gasteiger partial charge in [0.05, 0.1) is 25.6 Å². The van der Waals surface area contributed by atoms with Crippen LogP contribution in [0.2, 0.25) is 0 Å². The Labute approximate surface area is 98.7 Å². The van der Waals surface area contributed by atoms with Crippen LogP contribution in [-0.4, -0.2) is 42.4 Å². The number of fused-ring (bicyclic) bond motifs is 1. The van der Waals surface area contributed by atoms with Gasteiger partial charge < -0.3 is 14.8 Å². The van der Waals surface area contributed by atoms with E-state index in [4.69, 9.17) is 5.11 Å². The van der Waals surface area contributed by atoms with E-state index in [1.807, 2.05) is 0 Å². The lowest BCUT2D eigenvalue weighted by molar-refractivity contribution is -0.140. The molecule has 2 aromatic rings. The Morgan fingerprint density at radius 3 is 2.61 bits per heavy atom. The van der Waals surface area contributed by atoms with Crippen molar-refractivity contribution >= 4 is 11.2 Å². The smallest absolute Gasteiger partial charge is 0.394 e. The highest BCUT2D eigenvalue weighted by Gasteiger charge is 2.36. The third-order valence-corrected chi connectivity index (χ3v) is 2.29. The topological polar surface area (TPSA) is 84.1 Å². The first-order valence-electron chi connectivity index (χ1n) is 4.95. The lowest BCUT2D eigenvalue weighted by Crippen LogP contribution is -2.19. The first-order chi connectivity index (χ1) is 8.43. The lowest BCUT2D eigenvalue weighted by Gasteiger charge is -2.09. The number of alkyl halides is 3. The molecule has 0 bridgehead atoms. The molecule has 0 aliphatic carbocycles. The SMILES string of the molecule is OCC(O)Cn1cnc2c(C(F)(F)F)ncnc21. The average Bonchev–Trinajstić information content (AvgIpc) is 2.71. The summed E-state index contributed by atoms with van der Waals surface area (Å²) in [5.74, 6) is 0. The van der Waals surface area contributed by atoms with Gasteiger partial charge in [0.2, 0.25) is 0 Å². The van der Waals surface area contributed by atoms with Crippen LogP contribution in [0.3, 0.4) is 0 Å². The van der Waals surface area contributed by atoms with Gasteiger partial charge in [-0.15, -0.1) is 0 Å². The summed E-state index contributed by atoms with van der Waals surface area (Å²) in [6.45, 7) is -0.599. The Morgan fingerprint density at radius 1 is 1.28 bits per heavy atom. The second-order valence-corrected chi connectivity index (χ2v) is 3.63. The predicted molar refractivity (Wildman–Crippen MR) is 53.4 cm³/mol. The second-order valence-electron chi connectivity index (χ2n) is 3.63. The van der Waals surface area contributed by atoms with Gasteiger partial charge in [0.15, 0.2) is 11.3 Å². The van der Waals surface area contributed by atoms with Crippen LogP contribution in [0.4, 0.5) is 13.2 Å². The zero-order valence-electron chi connectivity index (χ0n) is 8.96. The van der Waals surface area contributed by atoms with Crippen LogP contribution in [-0.2, 0) is 12.7 Å². The van der Waals surface area contributed by atoms with Crippen LogP contribution in [0.25, 0.3) is 11.2 Å². The number of hydrogen-bond acceptors (Lipinski definition) is 5. The number of aliphatic hydroxyl groups is 2. The third-order valence-electron chi connectivity index (χ3n) is 2.29. The summed E-state index contributed by atoms with van der Waals surface area (Å²) in [6, 6.07) is 0. The Bertz CT molecular complexity index is 554. The number of aromatic nitrogens is 4. The van der Waals surface area contributed by atoms with E-state index in [-0.39, 0.29) is 17.7 Å². The van der Waals surface area contributed by atoms with E-state index in [9.17, 15) is 18.3 Å². The first-order valence-corrected chi connectivity index (χ1v) is 4.95. The monoisotopic (exact) mass is 262 g/mol. The largest absolute Gasteiger partial charge is 0.435 e. The number of halogens is 3. The average molecular weight is 262 g/mol. The van der Waals surface area contributed by atoms with Crippen molar-refractivity contribution < 1.29 is 23.4 Å². The molecule has 18 heavy (non-hydrogen) atoms. The zero-order chi connectivity index (χ0) is 13.3. The lowest BCUT2D eigenvalue weighted by atomic mass is 10.3. The van der Waals surface area contributed by atoms with E-state index >= 15 is 0 Å². The van der Waals surface area contributed by atoms with Crippen LogP contribution in [0.15, 0.2) is 12.7 Å². The van der Waals surface area contributed by atoms with Crippen LogP contribution in [0.5, 0.6) is 0 Å². The molecule has 0 fully saturated rings. The van der Waals surface area contributed by atoms with E-state index in [1.165, 1.54) is 4.57 Å². The van der Waals surface area contributed by atoms with E-state index in [2.05, 4.69) is 15.0 Å². The molecule has 1 atom stereocenters. The van der Waals surface area contributed by atoms with Crippen molar-refractivity contribution in [3.8, 4) is 0 Å². The predicted octanol–water partition coefficient (Wildman–Crippen LogP) is 0.198. The third kappa shape index (κ3) is 2.27. The molecule has 0 aromatic carbocycles. The Kier molecular flexibility index (Phi) is 3.18. The highest BCUT2D eigenvalue weighted by atomic mass is 19.4. The van der Waals surface area contributed by atoms with Crippen molar-refractivity contribution in [1.82, 2.24) is 19.5 Å². The molecule has 2 N–H and O–H groups in total. The Balaban J connectivity index is 2.49. The molecule has 2 aromatic heterocycles. The summed E-state index contributed by atoms with van der Waals surface area (Å²) in [5.41, 5.74) is -1.54. The Morgan fingerprint density at radius 2 is 2.00 bits per heavy atom. The number of nitrogens with zero attached hydrogens (tertiary/aromatic N) is 4. The van der Waals surface area contributed by atoms with Crippen LogP contribution in [0, 0.1) is 0 Å². The van der Waals surface area contributed by atoms with E-state index in [0.29, 0.717) is 0 Å². The quantitative estimate of drug-likeness (QED) is 0.825. The molecule has 0 aliphatic rings. The van der Waals surface area contributed by atoms with Crippen molar-refractivity contribution in [3.63, 3.8) is 0 Å². The molecule has 0 aliphatic heterocycles. The maximum Gasteiger partial charge on any atom is 0.435 e. The minimum atomic E-state index is -4.62. The van der Waals surface area contributed by atoms with Gasteiger partial charge in [-0.05, 0) is 0 Å². The van der Waals surface area contributed by atoms with E-state index < -0.39 is 24.6 Å². The number of rotatable bonds is 3. The molecule has 0 radical (unpaired) electrons. The summed E-state index contributed by atoms with van der Waals surface area (Å²) in [4.78, 5) is 10.5.